The van der Waals surface area contributed by atoms with Gasteiger partial charge in [0, 0.05) is 13.6 Å². The van der Waals surface area contributed by atoms with E-state index in [1.165, 1.54) is 32.1 Å². The van der Waals surface area contributed by atoms with Gasteiger partial charge < -0.3 is 5.32 Å². The summed E-state index contributed by atoms with van der Waals surface area (Å²) in [6, 6.07) is 0. The van der Waals surface area contributed by atoms with Gasteiger partial charge in [-0.1, -0.05) is 26.2 Å². The van der Waals surface area contributed by atoms with Crippen LogP contribution in [0.1, 0.15) is 44.9 Å². The fourth-order valence-corrected chi connectivity index (χ4v) is 2.54. The molecule has 90 valence electrons. The summed E-state index contributed by atoms with van der Waals surface area (Å²) in [4.78, 5) is 4.21. The summed E-state index contributed by atoms with van der Waals surface area (Å²) in [5, 5.41) is 7.58. The molecule has 4 nitrogen and oxygen atoms in total. The SMILES string of the molecule is Cn1ncnc1CNCC1(C)CCCCC1. The van der Waals surface area contributed by atoms with E-state index in [1.54, 1.807) is 6.33 Å². The van der Waals surface area contributed by atoms with Crippen molar-refractivity contribution < 1.29 is 0 Å². The van der Waals surface area contributed by atoms with Gasteiger partial charge in [-0.2, -0.15) is 5.10 Å². The van der Waals surface area contributed by atoms with Crippen LogP contribution in [0.2, 0.25) is 0 Å². The third-order valence-electron chi connectivity index (χ3n) is 3.70. The van der Waals surface area contributed by atoms with Gasteiger partial charge >= 0.3 is 0 Å². The third-order valence-corrected chi connectivity index (χ3v) is 3.70. The van der Waals surface area contributed by atoms with Gasteiger partial charge in [-0.25, -0.2) is 4.98 Å². The van der Waals surface area contributed by atoms with Crippen molar-refractivity contribution in [1.82, 2.24) is 20.1 Å². The summed E-state index contributed by atoms with van der Waals surface area (Å²) in [5.41, 5.74) is 0.497. The highest BCUT2D eigenvalue weighted by Crippen LogP contribution is 2.34. The molecule has 0 atom stereocenters. The molecule has 0 radical (unpaired) electrons. The summed E-state index contributed by atoms with van der Waals surface area (Å²) < 4.78 is 1.83. The average Bonchev–Trinajstić information content (AvgIpc) is 2.65. The van der Waals surface area contributed by atoms with Gasteiger partial charge in [0.15, 0.2) is 0 Å². The molecule has 1 aliphatic carbocycles. The van der Waals surface area contributed by atoms with E-state index in [1.807, 2.05) is 11.7 Å². The Kier molecular flexibility index (Phi) is 3.59. The lowest BCUT2D eigenvalue weighted by atomic mass is 9.76. The molecule has 0 aliphatic heterocycles. The molecule has 0 spiro atoms. The standard InChI is InChI=1S/C12H22N4/c1-12(6-4-3-5-7-12)9-13-8-11-14-10-15-16(11)2/h10,13H,3-9H2,1-2H3. The largest absolute Gasteiger partial charge is 0.309 e. The van der Waals surface area contributed by atoms with Crippen LogP contribution in [-0.2, 0) is 13.6 Å². The monoisotopic (exact) mass is 222 g/mol. The second kappa shape index (κ2) is 4.95. The van der Waals surface area contributed by atoms with Crippen LogP contribution in [0.4, 0.5) is 0 Å². The summed E-state index contributed by atoms with van der Waals surface area (Å²) in [6.07, 6.45) is 8.53. The fourth-order valence-electron chi connectivity index (χ4n) is 2.54. The average molecular weight is 222 g/mol. The second-order valence-electron chi connectivity index (χ2n) is 5.27. The minimum Gasteiger partial charge on any atom is -0.309 e. The van der Waals surface area contributed by atoms with Crippen LogP contribution >= 0.6 is 0 Å². The van der Waals surface area contributed by atoms with Crippen molar-refractivity contribution in [3.05, 3.63) is 12.2 Å². The molecule has 0 saturated heterocycles. The van der Waals surface area contributed by atoms with Gasteiger partial charge in [-0.05, 0) is 18.3 Å². The number of hydrogen-bond donors (Lipinski definition) is 1. The molecule has 1 heterocycles. The number of rotatable bonds is 4. The van der Waals surface area contributed by atoms with Crippen molar-refractivity contribution in [1.29, 1.82) is 0 Å². The van der Waals surface area contributed by atoms with E-state index < -0.39 is 0 Å². The normalized spacial score (nSPS) is 19.9. The predicted molar refractivity (Wildman–Crippen MR) is 63.9 cm³/mol. The molecule has 2 rings (SSSR count). The minimum absolute atomic E-state index is 0.497. The molecule has 4 heteroatoms. The highest BCUT2D eigenvalue weighted by atomic mass is 15.3. The maximum Gasteiger partial charge on any atom is 0.140 e. The van der Waals surface area contributed by atoms with Crippen LogP contribution in [0, 0.1) is 5.41 Å². The van der Waals surface area contributed by atoms with Gasteiger partial charge in [-0.15, -0.1) is 0 Å². The number of nitrogens with zero attached hydrogens (tertiary/aromatic N) is 3. The van der Waals surface area contributed by atoms with Gasteiger partial charge in [0.2, 0.25) is 0 Å². The van der Waals surface area contributed by atoms with E-state index in [9.17, 15) is 0 Å². The Hall–Kier alpha value is -0.900. The summed E-state index contributed by atoms with van der Waals surface area (Å²) in [6.45, 7) is 4.32. The molecule has 16 heavy (non-hydrogen) atoms. The molecule has 0 amide bonds. The van der Waals surface area contributed by atoms with Gasteiger partial charge in [0.05, 0.1) is 6.54 Å². The fraction of sp³-hybridized carbons (Fsp3) is 0.833. The first-order valence-corrected chi connectivity index (χ1v) is 6.23. The molecular weight excluding hydrogens is 200 g/mol. The van der Waals surface area contributed by atoms with Crippen LogP contribution in [-0.4, -0.2) is 21.3 Å². The van der Waals surface area contributed by atoms with Crippen molar-refractivity contribution in [2.75, 3.05) is 6.54 Å². The Morgan fingerprint density at radius 2 is 2.12 bits per heavy atom. The highest BCUT2D eigenvalue weighted by Gasteiger charge is 2.26. The van der Waals surface area contributed by atoms with Crippen molar-refractivity contribution >= 4 is 0 Å². The zero-order valence-corrected chi connectivity index (χ0v) is 10.4. The molecule has 1 aromatic heterocycles. The smallest absolute Gasteiger partial charge is 0.140 e. The van der Waals surface area contributed by atoms with Crippen molar-refractivity contribution in [3.63, 3.8) is 0 Å². The van der Waals surface area contributed by atoms with E-state index in [4.69, 9.17) is 0 Å². The highest BCUT2D eigenvalue weighted by molar-refractivity contribution is 4.85. The quantitative estimate of drug-likeness (QED) is 0.845. The Balaban J connectivity index is 1.77. The maximum atomic E-state index is 4.21. The van der Waals surface area contributed by atoms with E-state index in [0.29, 0.717) is 5.41 Å². The second-order valence-corrected chi connectivity index (χ2v) is 5.27. The lowest BCUT2D eigenvalue weighted by molar-refractivity contribution is 0.207. The third kappa shape index (κ3) is 2.82. The first-order chi connectivity index (χ1) is 7.70. The first kappa shape index (κ1) is 11.6. The lowest BCUT2D eigenvalue weighted by Gasteiger charge is -2.33. The van der Waals surface area contributed by atoms with Gasteiger partial charge in [0.25, 0.3) is 0 Å². The zero-order valence-electron chi connectivity index (χ0n) is 10.4. The molecule has 1 fully saturated rings. The Morgan fingerprint density at radius 3 is 2.75 bits per heavy atom. The van der Waals surface area contributed by atoms with E-state index in [0.717, 1.165) is 18.9 Å². The minimum atomic E-state index is 0.497. The van der Waals surface area contributed by atoms with E-state index in [2.05, 4.69) is 22.3 Å². The summed E-state index contributed by atoms with van der Waals surface area (Å²) in [7, 11) is 1.94. The molecule has 0 unspecified atom stereocenters. The maximum absolute atomic E-state index is 4.21. The zero-order chi connectivity index (χ0) is 11.4. The molecular formula is C12H22N4. The van der Waals surface area contributed by atoms with Crippen LogP contribution in [0.25, 0.3) is 0 Å². The van der Waals surface area contributed by atoms with E-state index in [-0.39, 0.29) is 0 Å². The van der Waals surface area contributed by atoms with Crippen LogP contribution in [0.5, 0.6) is 0 Å². The predicted octanol–water partition coefficient (Wildman–Crippen LogP) is 1.88. The number of hydrogen-bond acceptors (Lipinski definition) is 3. The van der Waals surface area contributed by atoms with E-state index >= 15 is 0 Å². The Bertz CT molecular complexity index is 326. The topological polar surface area (TPSA) is 42.7 Å². The Labute approximate surface area is 97.5 Å². The molecule has 1 aromatic rings. The van der Waals surface area contributed by atoms with Crippen LogP contribution < -0.4 is 5.32 Å². The number of aryl methyl sites for hydroxylation is 1. The molecule has 1 aliphatic rings. The van der Waals surface area contributed by atoms with Gasteiger partial charge in [-0.3, -0.25) is 4.68 Å². The van der Waals surface area contributed by atoms with Crippen molar-refractivity contribution in [2.24, 2.45) is 12.5 Å². The van der Waals surface area contributed by atoms with Crippen molar-refractivity contribution in [2.45, 2.75) is 45.6 Å². The van der Waals surface area contributed by atoms with Crippen LogP contribution in [0.3, 0.4) is 0 Å². The molecule has 1 saturated carbocycles. The molecule has 0 bridgehead atoms. The number of aromatic nitrogens is 3. The van der Waals surface area contributed by atoms with Gasteiger partial charge in [0.1, 0.15) is 12.2 Å². The molecule has 1 N–H and O–H groups in total. The summed E-state index contributed by atoms with van der Waals surface area (Å²) >= 11 is 0. The summed E-state index contributed by atoms with van der Waals surface area (Å²) in [5.74, 6) is 1.01. The lowest BCUT2D eigenvalue weighted by Crippen LogP contribution is -2.33. The Morgan fingerprint density at radius 1 is 1.38 bits per heavy atom. The first-order valence-electron chi connectivity index (χ1n) is 6.23. The number of nitrogens with one attached hydrogen (secondary N) is 1. The van der Waals surface area contributed by atoms with Crippen molar-refractivity contribution in [3.8, 4) is 0 Å². The molecule has 0 aromatic carbocycles. The van der Waals surface area contributed by atoms with Crippen LogP contribution in [0.15, 0.2) is 6.33 Å².